The van der Waals surface area contributed by atoms with E-state index in [1.807, 2.05) is 0 Å². The minimum absolute atomic E-state index is 0.265. The summed E-state index contributed by atoms with van der Waals surface area (Å²) in [6, 6.07) is -0.265. The monoisotopic (exact) mass is 183 g/mol. The van der Waals surface area contributed by atoms with E-state index in [9.17, 15) is 4.79 Å². The Hall–Kier alpha value is -0.570. The van der Waals surface area contributed by atoms with Crippen LogP contribution in [0.15, 0.2) is 0 Å². The van der Waals surface area contributed by atoms with Crippen LogP contribution in [-0.2, 0) is 4.79 Å². The zero-order chi connectivity index (χ0) is 9.26. The van der Waals surface area contributed by atoms with E-state index in [4.69, 9.17) is 5.11 Å². The SMILES string of the molecule is O=C(O)C1NCCC2CCCCC21. The lowest BCUT2D eigenvalue weighted by Crippen LogP contribution is -2.51. The Morgan fingerprint density at radius 1 is 1.23 bits per heavy atom. The zero-order valence-electron chi connectivity index (χ0n) is 7.83. The van der Waals surface area contributed by atoms with Crippen LogP contribution in [-0.4, -0.2) is 23.7 Å². The highest BCUT2D eigenvalue weighted by molar-refractivity contribution is 5.74. The Morgan fingerprint density at radius 2 is 2.00 bits per heavy atom. The third kappa shape index (κ3) is 1.70. The van der Waals surface area contributed by atoms with Gasteiger partial charge in [-0.05, 0) is 31.2 Å². The number of fused-ring (bicyclic) bond motifs is 1. The van der Waals surface area contributed by atoms with Crippen molar-refractivity contribution in [3.8, 4) is 0 Å². The second-order valence-corrected chi connectivity index (χ2v) is 4.27. The molecule has 1 aliphatic heterocycles. The summed E-state index contributed by atoms with van der Waals surface area (Å²) in [5.41, 5.74) is 0. The highest BCUT2D eigenvalue weighted by Crippen LogP contribution is 2.36. The van der Waals surface area contributed by atoms with Crippen LogP contribution < -0.4 is 5.32 Å². The molecule has 3 unspecified atom stereocenters. The Morgan fingerprint density at radius 3 is 2.77 bits per heavy atom. The lowest BCUT2D eigenvalue weighted by atomic mass is 9.72. The van der Waals surface area contributed by atoms with E-state index in [2.05, 4.69) is 5.32 Å². The molecule has 0 bridgehead atoms. The number of piperidine rings is 1. The van der Waals surface area contributed by atoms with Gasteiger partial charge < -0.3 is 10.4 Å². The summed E-state index contributed by atoms with van der Waals surface area (Å²) in [6.07, 6.45) is 6.04. The lowest BCUT2D eigenvalue weighted by molar-refractivity contribution is -0.143. The second kappa shape index (κ2) is 3.66. The molecule has 74 valence electrons. The predicted octanol–water partition coefficient (Wildman–Crippen LogP) is 1.24. The molecule has 0 aromatic heterocycles. The third-order valence-corrected chi connectivity index (χ3v) is 3.54. The van der Waals surface area contributed by atoms with E-state index < -0.39 is 5.97 Å². The number of aliphatic carboxylic acids is 1. The second-order valence-electron chi connectivity index (χ2n) is 4.27. The van der Waals surface area contributed by atoms with E-state index in [1.54, 1.807) is 0 Å². The maximum absolute atomic E-state index is 10.9. The summed E-state index contributed by atoms with van der Waals surface area (Å²) < 4.78 is 0. The van der Waals surface area contributed by atoms with Crippen molar-refractivity contribution >= 4 is 5.97 Å². The van der Waals surface area contributed by atoms with Gasteiger partial charge in [-0.25, -0.2) is 0 Å². The van der Waals surface area contributed by atoms with Crippen molar-refractivity contribution in [2.24, 2.45) is 11.8 Å². The van der Waals surface area contributed by atoms with Gasteiger partial charge in [0.05, 0.1) is 0 Å². The molecular formula is C10H17NO2. The number of carbonyl (C=O) groups is 1. The molecule has 1 saturated carbocycles. The van der Waals surface area contributed by atoms with Gasteiger partial charge in [0.2, 0.25) is 0 Å². The summed E-state index contributed by atoms with van der Waals surface area (Å²) in [6.45, 7) is 0.887. The molecular weight excluding hydrogens is 166 g/mol. The smallest absolute Gasteiger partial charge is 0.320 e. The maximum Gasteiger partial charge on any atom is 0.320 e. The molecule has 2 N–H and O–H groups in total. The predicted molar refractivity (Wildman–Crippen MR) is 49.5 cm³/mol. The largest absolute Gasteiger partial charge is 0.480 e. The van der Waals surface area contributed by atoms with Crippen molar-refractivity contribution in [3.63, 3.8) is 0 Å². The first-order valence-electron chi connectivity index (χ1n) is 5.25. The van der Waals surface area contributed by atoms with Crippen LogP contribution in [0.25, 0.3) is 0 Å². The van der Waals surface area contributed by atoms with Gasteiger partial charge in [0.1, 0.15) is 6.04 Å². The van der Waals surface area contributed by atoms with E-state index in [0.717, 1.165) is 13.0 Å². The number of nitrogens with one attached hydrogen (secondary N) is 1. The quantitative estimate of drug-likeness (QED) is 0.643. The van der Waals surface area contributed by atoms with Crippen LogP contribution in [0.5, 0.6) is 0 Å². The summed E-state index contributed by atoms with van der Waals surface area (Å²) >= 11 is 0. The molecule has 3 heteroatoms. The number of rotatable bonds is 1. The van der Waals surface area contributed by atoms with Crippen molar-refractivity contribution < 1.29 is 9.90 Å². The van der Waals surface area contributed by atoms with Gasteiger partial charge in [-0.1, -0.05) is 19.3 Å². The fourth-order valence-corrected chi connectivity index (χ4v) is 2.88. The van der Waals surface area contributed by atoms with Crippen LogP contribution in [0, 0.1) is 11.8 Å². The van der Waals surface area contributed by atoms with Gasteiger partial charge in [0.25, 0.3) is 0 Å². The van der Waals surface area contributed by atoms with Gasteiger partial charge in [0, 0.05) is 0 Å². The number of carboxylic acids is 1. The van der Waals surface area contributed by atoms with Gasteiger partial charge in [0.15, 0.2) is 0 Å². The van der Waals surface area contributed by atoms with Gasteiger partial charge >= 0.3 is 5.97 Å². The molecule has 0 radical (unpaired) electrons. The normalized spacial score (nSPS) is 39.5. The molecule has 13 heavy (non-hydrogen) atoms. The van der Waals surface area contributed by atoms with Gasteiger partial charge in [-0.2, -0.15) is 0 Å². The summed E-state index contributed by atoms with van der Waals surface area (Å²) in [5.74, 6) is 0.424. The van der Waals surface area contributed by atoms with Crippen molar-refractivity contribution in [2.75, 3.05) is 6.54 Å². The fourth-order valence-electron chi connectivity index (χ4n) is 2.88. The molecule has 3 nitrogen and oxygen atoms in total. The maximum atomic E-state index is 10.9. The van der Waals surface area contributed by atoms with Crippen molar-refractivity contribution in [1.82, 2.24) is 5.32 Å². The number of hydrogen-bond donors (Lipinski definition) is 2. The Bertz CT molecular complexity index is 203. The van der Waals surface area contributed by atoms with Crippen LogP contribution >= 0.6 is 0 Å². The molecule has 1 aliphatic carbocycles. The highest BCUT2D eigenvalue weighted by atomic mass is 16.4. The average Bonchev–Trinajstić information content (AvgIpc) is 2.17. The molecule has 3 atom stereocenters. The Kier molecular flexibility index (Phi) is 2.54. The summed E-state index contributed by atoms with van der Waals surface area (Å²) in [7, 11) is 0. The van der Waals surface area contributed by atoms with Crippen LogP contribution in [0.2, 0.25) is 0 Å². The molecule has 0 spiro atoms. The van der Waals surface area contributed by atoms with Crippen LogP contribution in [0.4, 0.5) is 0 Å². The molecule has 0 amide bonds. The zero-order valence-corrected chi connectivity index (χ0v) is 7.83. The molecule has 2 fully saturated rings. The van der Waals surface area contributed by atoms with E-state index in [0.29, 0.717) is 11.8 Å². The highest BCUT2D eigenvalue weighted by Gasteiger charge is 2.38. The Balaban J connectivity index is 2.06. The fraction of sp³-hybridized carbons (Fsp3) is 0.900. The van der Waals surface area contributed by atoms with E-state index in [-0.39, 0.29) is 6.04 Å². The van der Waals surface area contributed by atoms with Crippen molar-refractivity contribution in [3.05, 3.63) is 0 Å². The molecule has 2 aliphatic rings. The first-order chi connectivity index (χ1) is 6.29. The third-order valence-electron chi connectivity index (χ3n) is 3.54. The van der Waals surface area contributed by atoms with Crippen molar-refractivity contribution in [2.45, 2.75) is 38.1 Å². The minimum Gasteiger partial charge on any atom is -0.480 e. The molecule has 2 rings (SSSR count). The topological polar surface area (TPSA) is 49.3 Å². The minimum atomic E-state index is -0.656. The molecule has 0 aromatic rings. The lowest BCUT2D eigenvalue weighted by Gasteiger charge is -2.39. The molecule has 0 aromatic carbocycles. The standard InChI is InChI=1S/C10H17NO2/c12-10(13)9-8-4-2-1-3-7(8)5-6-11-9/h7-9,11H,1-6H2,(H,12,13). The van der Waals surface area contributed by atoms with E-state index in [1.165, 1.54) is 25.7 Å². The summed E-state index contributed by atoms with van der Waals surface area (Å²) in [4.78, 5) is 10.9. The number of carboxylic acid groups (broad SMARTS) is 1. The Labute approximate surface area is 78.5 Å². The summed E-state index contributed by atoms with van der Waals surface area (Å²) in [5, 5.41) is 12.1. The average molecular weight is 183 g/mol. The first-order valence-corrected chi connectivity index (χ1v) is 5.25. The molecule has 1 heterocycles. The first kappa shape index (κ1) is 9.00. The van der Waals surface area contributed by atoms with E-state index >= 15 is 0 Å². The van der Waals surface area contributed by atoms with Gasteiger partial charge in [-0.3, -0.25) is 4.79 Å². The van der Waals surface area contributed by atoms with Gasteiger partial charge in [-0.15, -0.1) is 0 Å². The molecule has 1 saturated heterocycles. The number of hydrogen-bond acceptors (Lipinski definition) is 2. The van der Waals surface area contributed by atoms with Crippen molar-refractivity contribution in [1.29, 1.82) is 0 Å². The van der Waals surface area contributed by atoms with Crippen LogP contribution in [0.3, 0.4) is 0 Å². The van der Waals surface area contributed by atoms with Crippen LogP contribution in [0.1, 0.15) is 32.1 Å².